The molecule has 0 aromatic heterocycles. The van der Waals surface area contributed by atoms with E-state index in [2.05, 4.69) is 0 Å². The van der Waals surface area contributed by atoms with Gasteiger partial charge in [-0.15, -0.1) is 0 Å². The zero-order chi connectivity index (χ0) is 8.44. The Morgan fingerprint density at radius 3 is 2.25 bits per heavy atom. The van der Waals surface area contributed by atoms with Crippen LogP contribution in [0.1, 0.15) is 51.4 Å². The van der Waals surface area contributed by atoms with E-state index in [0.717, 1.165) is 5.92 Å². The molecule has 2 aliphatic carbocycles. The van der Waals surface area contributed by atoms with Crippen molar-refractivity contribution in [3.63, 3.8) is 0 Å². The molecule has 0 amide bonds. The lowest BCUT2D eigenvalue weighted by Crippen LogP contribution is -2.15. The lowest BCUT2D eigenvalue weighted by atomic mass is 9.82. The highest BCUT2D eigenvalue weighted by molar-refractivity contribution is 4.94. The van der Waals surface area contributed by atoms with Gasteiger partial charge in [0.25, 0.3) is 0 Å². The molecule has 1 N–H and O–H groups in total. The summed E-state index contributed by atoms with van der Waals surface area (Å²) in [7, 11) is 0. The van der Waals surface area contributed by atoms with Gasteiger partial charge in [0.15, 0.2) is 0 Å². The average Bonchev–Trinajstić information content (AvgIpc) is 2.88. The molecule has 0 aromatic rings. The molecule has 0 unspecified atom stereocenters. The van der Waals surface area contributed by atoms with Crippen molar-refractivity contribution in [1.82, 2.24) is 0 Å². The predicted octanol–water partition coefficient (Wildman–Crippen LogP) is 2.73. The molecule has 12 heavy (non-hydrogen) atoms. The largest absolute Gasteiger partial charge is 0.396 e. The highest BCUT2D eigenvalue weighted by atomic mass is 16.3. The Morgan fingerprint density at radius 1 is 1.08 bits per heavy atom. The van der Waals surface area contributed by atoms with E-state index in [9.17, 15) is 5.11 Å². The molecule has 0 aromatic carbocycles. The minimum absolute atomic E-state index is 0.405. The molecule has 70 valence electrons. The maximum absolute atomic E-state index is 9.19. The summed E-state index contributed by atoms with van der Waals surface area (Å²) < 4.78 is 0. The van der Waals surface area contributed by atoms with Crippen LogP contribution >= 0.6 is 0 Å². The van der Waals surface area contributed by atoms with Crippen LogP contribution in [0.3, 0.4) is 0 Å². The second-order valence-corrected chi connectivity index (χ2v) is 4.87. The molecule has 0 bridgehead atoms. The van der Waals surface area contributed by atoms with Gasteiger partial charge in [0.05, 0.1) is 0 Å². The molecule has 2 saturated carbocycles. The van der Waals surface area contributed by atoms with Gasteiger partial charge in [-0.05, 0) is 30.6 Å². The molecule has 2 rings (SSSR count). The van der Waals surface area contributed by atoms with E-state index in [0.29, 0.717) is 12.0 Å². The van der Waals surface area contributed by atoms with Gasteiger partial charge in [-0.2, -0.15) is 0 Å². The van der Waals surface area contributed by atoms with E-state index in [-0.39, 0.29) is 0 Å². The van der Waals surface area contributed by atoms with Gasteiger partial charge < -0.3 is 5.11 Å². The van der Waals surface area contributed by atoms with E-state index in [1.807, 2.05) is 0 Å². The molecule has 1 heteroatoms. The summed E-state index contributed by atoms with van der Waals surface area (Å²) in [6.07, 6.45) is 11.1. The van der Waals surface area contributed by atoms with E-state index in [1.54, 1.807) is 0 Å². The van der Waals surface area contributed by atoms with Gasteiger partial charge in [-0.25, -0.2) is 0 Å². The maximum Gasteiger partial charge on any atom is 0.0487 e. The van der Waals surface area contributed by atoms with Crippen LogP contribution in [0.4, 0.5) is 0 Å². The van der Waals surface area contributed by atoms with Crippen LogP contribution in [0.2, 0.25) is 0 Å². The molecule has 0 saturated heterocycles. The molecule has 0 aliphatic heterocycles. The van der Waals surface area contributed by atoms with E-state index in [1.165, 1.54) is 51.4 Å². The summed E-state index contributed by atoms with van der Waals surface area (Å²) in [6.45, 7) is 0.448. The van der Waals surface area contributed by atoms with Crippen LogP contribution in [0.5, 0.6) is 0 Å². The Balaban J connectivity index is 1.77. The Bertz CT molecular complexity index is 143. The van der Waals surface area contributed by atoms with Crippen LogP contribution in [0, 0.1) is 11.3 Å². The van der Waals surface area contributed by atoms with Crippen LogP contribution < -0.4 is 0 Å². The molecule has 0 atom stereocenters. The predicted molar refractivity (Wildman–Crippen MR) is 49.9 cm³/mol. The second kappa shape index (κ2) is 3.37. The van der Waals surface area contributed by atoms with Crippen molar-refractivity contribution in [2.45, 2.75) is 51.4 Å². The monoisotopic (exact) mass is 168 g/mol. The molecule has 1 nitrogen and oxygen atoms in total. The van der Waals surface area contributed by atoms with Crippen LogP contribution in [0.15, 0.2) is 0 Å². The summed E-state index contributed by atoms with van der Waals surface area (Å²) in [6, 6.07) is 0. The van der Waals surface area contributed by atoms with Gasteiger partial charge in [-0.3, -0.25) is 0 Å². The minimum Gasteiger partial charge on any atom is -0.396 e. The fraction of sp³-hybridized carbons (Fsp3) is 1.00. The average molecular weight is 168 g/mol. The Kier molecular flexibility index (Phi) is 2.40. The van der Waals surface area contributed by atoms with Gasteiger partial charge in [0.1, 0.15) is 0 Å². The molecule has 2 aliphatic rings. The van der Waals surface area contributed by atoms with Gasteiger partial charge >= 0.3 is 0 Å². The highest BCUT2D eigenvalue weighted by Gasteiger charge is 2.43. The Labute approximate surface area is 75.2 Å². The van der Waals surface area contributed by atoms with Crippen LogP contribution in [-0.4, -0.2) is 11.7 Å². The smallest absolute Gasteiger partial charge is 0.0487 e. The molecule has 0 radical (unpaired) electrons. The Morgan fingerprint density at radius 2 is 1.75 bits per heavy atom. The fourth-order valence-electron chi connectivity index (χ4n) is 2.61. The lowest BCUT2D eigenvalue weighted by Gasteiger charge is -2.25. The van der Waals surface area contributed by atoms with E-state index in [4.69, 9.17) is 0 Å². The zero-order valence-electron chi connectivity index (χ0n) is 7.89. The van der Waals surface area contributed by atoms with E-state index >= 15 is 0 Å². The zero-order valence-corrected chi connectivity index (χ0v) is 7.89. The first-order valence-electron chi connectivity index (χ1n) is 5.46. The first-order chi connectivity index (χ1) is 5.85. The number of hydrogen-bond donors (Lipinski definition) is 1. The van der Waals surface area contributed by atoms with Crippen LogP contribution in [-0.2, 0) is 0 Å². The minimum atomic E-state index is 0.405. The van der Waals surface area contributed by atoms with Crippen molar-refractivity contribution < 1.29 is 5.11 Å². The van der Waals surface area contributed by atoms with Crippen molar-refractivity contribution in [1.29, 1.82) is 0 Å². The highest BCUT2D eigenvalue weighted by Crippen LogP contribution is 2.51. The number of aliphatic hydroxyl groups is 1. The molecular formula is C11H20O. The fourth-order valence-corrected chi connectivity index (χ4v) is 2.61. The molecule has 0 spiro atoms. The maximum atomic E-state index is 9.19. The molecule has 0 heterocycles. The quantitative estimate of drug-likeness (QED) is 0.687. The first-order valence-corrected chi connectivity index (χ1v) is 5.46. The Hall–Kier alpha value is -0.0400. The normalized spacial score (nSPS) is 28.8. The van der Waals surface area contributed by atoms with Gasteiger partial charge in [-0.1, -0.05) is 32.1 Å². The summed E-state index contributed by atoms with van der Waals surface area (Å²) in [5.74, 6) is 0.952. The van der Waals surface area contributed by atoms with Gasteiger partial charge in [0, 0.05) is 6.61 Å². The summed E-state index contributed by atoms with van der Waals surface area (Å²) >= 11 is 0. The van der Waals surface area contributed by atoms with Crippen molar-refractivity contribution in [2.24, 2.45) is 11.3 Å². The topological polar surface area (TPSA) is 20.2 Å². The van der Waals surface area contributed by atoms with Gasteiger partial charge in [0.2, 0.25) is 0 Å². The van der Waals surface area contributed by atoms with E-state index < -0.39 is 0 Å². The summed E-state index contributed by atoms with van der Waals surface area (Å²) in [5, 5.41) is 9.19. The number of rotatable bonds is 3. The van der Waals surface area contributed by atoms with Crippen molar-refractivity contribution in [3.8, 4) is 0 Å². The standard InChI is InChI=1S/C11H20O/c12-9-11(6-7-11)8-10-4-2-1-3-5-10/h10,12H,1-9H2. The van der Waals surface area contributed by atoms with Crippen LogP contribution in [0.25, 0.3) is 0 Å². The lowest BCUT2D eigenvalue weighted by molar-refractivity contribution is 0.169. The molecule has 2 fully saturated rings. The SMILES string of the molecule is OCC1(CC2CCCCC2)CC1. The second-order valence-electron chi connectivity index (χ2n) is 4.87. The third-order valence-electron chi connectivity index (χ3n) is 3.74. The third-order valence-corrected chi connectivity index (χ3v) is 3.74. The summed E-state index contributed by atoms with van der Waals surface area (Å²) in [4.78, 5) is 0. The number of aliphatic hydroxyl groups excluding tert-OH is 1. The van der Waals surface area contributed by atoms with Crippen molar-refractivity contribution >= 4 is 0 Å². The first kappa shape index (κ1) is 8.55. The number of hydrogen-bond acceptors (Lipinski definition) is 1. The van der Waals surface area contributed by atoms with Crippen molar-refractivity contribution in [2.75, 3.05) is 6.61 Å². The summed E-state index contributed by atoms with van der Waals surface area (Å²) in [5.41, 5.74) is 0.405. The third kappa shape index (κ3) is 1.82. The van der Waals surface area contributed by atoms with Crippen molar-refractivity contribution in [3.05, 3.63) is 0 Å². The molecular weight excluding hydrogens is 148 g/mol.